The highest BCUT2D eigenvalue weighted by Crippen LogP contribution is 2.35. The largest absolute Gasteiger partial charge is 0.397 e. The van der Waals surface area contributed by atoms with Gasteiger partial charge in [-0.25, -0.2) is 9.37 Å². The first-order valence-corrected chi connectivity index (χ1v) is 7.10. The Balaban J connectivity index is 1.87. The highest BCUT2D eigenvalue weighted by molar-refractivity contribution is 7.21. The van der Waals surface area contributed by atoms with E-state index in [9.17, 15) is 9.18 Å². The van der Waals surface area contributed by atoms with E-state index in [1.54, 1.807) is 24.5 Å². The van der Waals surface area contributed by atoms with Crippen LogP contribution in [0.3, 0.4) is 0 Å². The molecule has 0 aliphatic heterocycles. The van der Waals surface area contributed by atoms with Gasteiger partial charge in [0.2, 0.25) is 0 Å². The molecule has 2 aromatic heterocycles. The molecule has 0 saturated heterocycles. The van der Waals surface area contributed by atoms with Gasteiger partial charge in [-0.3, -0.25) is 4.79 Å². The van der Waals surface area contributed by atoms with E-state index in [2.05, 4.69) is 10.3 Å². The lowest BCUT2D eigenvalue weighted by atomic mass is 10.2. The van der Waals surface area contributed by atoms with Crippen LogP contribution in [0.15, 0.2) is 30.6 Å². The van der Waals surface area contributed by atoms with Crippen LogP contribution in [-0.4, -0.2) is 15.5 Å². The lowest BCUT2D eigenvalue weighted by Gasteiger charge is -2.04. The number of anilines is 1. The maximum atomic E-state index is 13.8. The molecule has 108 valence electrons. The minimum absolute atomic E-state index is 0.186. The Morgan fingerprint density at radius 1 is 1.52 bits per heavy atom. The molecule has 3 aromatic rings. The molecule has 5 nitrogen and oxygen atoms in total. The average molecular weight is 304 g/mol. The number of carbonyl (C=O) groups excluding carboxylic acids is 1. The molecule has 1 amide bonds. The van der Waals surface area contributed by atoms with Crippen LogP contribution >= 0.6 is 11.3 Å². The van der Waals surface area contributed by atoms with Gasteiger partial charge in [-0.2, -0.15) is 0 Å². The Kier molecular flexibility index (Phi) is 3.34. The fourth-order valence-electron chi connectivity index (χ4n) is 2.10. The highest BCUT2D eigenvalue weighted by atomic mass is 32.1. The molecule has 0 radical (unpaired) electrons. The summed E-state index contributed by atoms with van der Waals surface area (Å²) >= 11 is 1.18. The molecule has 3 rings (SSSR count). The summed E-state index contributed by atoms with van der Waals surface area (Å²) in [5, 5.41) is 3.06. The number of hydrogen-bond donors (Lipinski definition) is 2. The van der Waals surface area contributed by atoms with Crippen LogP contribution < -0.4 is 11.1 Å². The number of nitrogen functional groups attached to an aromatic ring is 1. The Hall–Kier alpha value is -2.41. The van der Waals surface area contributed by atoms with Gasteiger partial charge in [-0.05, 0) is 12.1 Å². The molecular weight excluding hydrogens is 291 g/mol. The van der Waals surface area contributed by atoms with E-state index in [4.69, 9.17) is 5.73 Å². The number of fused-ring (bicyclic) bond motifs is 1. The number of rotatable bonds is 3. The van der Waals surface area contributed by atoms with E-state index in [-0.39, 0.29) is 11.6 Å². The smallest absolute Gasteiger partial charge is 0.263 e. The SMILES string of the molecule is Cn1ccnc1CNC(=O)c1sc2cccc(F)c2c1N. The van der Waals surface area contributed by atoms with Crippen LogP contribution in [0.4, 0.5) is 10.1 Å². The number of amides is 1. The van der Waals surface area contributed by atoms with Gasteiger partial charge in [-0.1, -0.05) is 6.07 Å². The molecule has 21 heavy (non-hydrogen) atoms. The topological polar surface area (TPSA) is 72.9 Å². The number of halogens is 1. The second-order valence-corrected chi connectivity index (χ2v) is 5.65. The summed E-state index contributed by atoms with van der Waals surface area (Å²) in [4.78, 5) is 16.7. The van der Waals surface area contributed by atoms with Crippen molar-refractivity contribution in [2.24, 2.45) is 7.05 Å². The summed E-state index contributed by atoms with van der Waals surface area (Å²) < 4.78 is 16.2. The number of nitrogens with zero attached hydrogens (tertiary/aromatic N) is 2. The Morgan fingerprint density at radius 3 is 3.00 bits per heavy atom. The molecule has 0 aliphatic rings. The molecule has 2 heterocycles. The number of thiophene rings is 1. The Morgan fingerprint density at radius 2 is 2.33 bits per heavy atom. The number of aromatic nitrogens is 2. The predicted octanol–water partition coefficient (Wildman–Crippen LogP) is 2.29. The maximum absolute atomic E-state index is 13.8. The molecule has 0 bridgehead atoms. The van der Waals surface area contributed by atoms with Crippen molar-refractivity contribution in [1.82, 2.24) is 14.9 Å². The first kappa shape index (κ1) is 13.6. The molecule has 0 saturated carbocycles. The monoisotopic (exact) mass is 304 g/mol. The van der Waals surface area contributed by atoms with E-state index >= 15 is 0 Å². The van der Waals surface area contributed by atoms with Crippen molar-refractivity contribution < 1.29 is 9.18 Å². The van der Waals surface area contributed by atoms with Crippen molar-refractivity contribution in [3.63, 3.8) is 0 Å². The van der Waals surface area contributed by atoms with Crippen LogP contribution in [0, 0.1) is 5.82 Å². The standard InChI is InChI=1S/C14H13FN4OS/c1-19-6-5-17-10(19)7-18-14(20)13-12(16)11-8(15)3-2-4-9(11)21-13/h2-6H,7,16H2,1H3,(H,18,20). The van der Waals surface area contributed by atoms with E-state index in [1.807, 2.05) is 11.6 Å². The van der Waals surface area contributed by atoms with Gasteiger partial charge < -0.3 is 15.6 Å². The molecular formula is C14H13FN4OS. The van der Waals surface area contributed by atoms with E-state index in [1.165, 1.54) is 17.4 Å². The molecule has 0 fully saturated rings. The number of benzene rings is 1. The summed E-state index contributed by atoms with van der Waals surface area (Å²) in [7, 11) is 1.84. The number of nitrogens with one attached hydrogen (secondary N) is 1. The number of carbonyl (C=O) groups is 1. The second kappa shape index (κ2) is 5.17. The van der Waals surface area contributed by atoms with Crippen molar-refractivity contribution in [2.45, 2.75) is 6.54 Å². The second-order valence-electron chi connectivity index (χ2n) is 4.59. The Bertz CT molecular complexity index is 824. The van der Waals surface area contributed by atoms with Crippen molar-refractivity contribution in [1.29, 1.82) is 0 Å². The summed E-state index contributed by atoms with van der Waals surface area (Å²) in [5.74, 6) is -0.00489. The zero-order chi connectivity index (χ0) is 15.0. The fourth-order valence-corrected chi connectivity index (χ4v) is 3.16. The van der Waals surface area contributed by atoms with Crippen LogP contribution in [0.2, 0.25) is 0 Å². The van der Waals surface area contributed by atoms with E-state index in [0.717, 1.165) is 5.82 Å². The summed E-state index contributed by atoms with van der Waals surface area (Å²) in [5.41, 5.74) is 6.09. The van der Waals surface area contributed by atoms with Crippen molar-refractivity contribution in [3.8, 4) is 0 Å². The van der Waals surface area contributed by atoms with Gasteiger partial charge in [0.15, 0.2) is 0 Å². The Labute approximate surface area is 124 Å². The summed E-state index contributed by atoms with van der Waals surface area (Å²) in [6, 6.07) is 4.68. The third-order valence-corrected chi connectivity index (χ3v) is 4.41. The van der Waals surface area contributed by atoms with Crippen LogP contribution in [0.25, 0.3) is 10.1 Å². The van der Waals surface area contributed by atoms with Gasteiger partial charge in [0.25, 0.3) is 5.91 Å². The zero-order valence-electron chi connectivity index (χ0n) is 11.3. The minimum atomic E-state index is -0.413. The molecule has 1 aromatic carbocycles. The lowest BCUT2D eigenvalue weighted by Crippen LogP contribution is -2.24. The predicted molar refractivity (Wildman–Crippen MR) is 80.6 cm³/mol. The van der Waals surface area contributed by atoms with E-state index < -0.39 is 5.82 Å². The van der Waals surface area contributed by atoms with Gasteiger partial charge in [-0.15, -0.1) is 11.3 Å². The van der Waals surface area contributed by atoms with E-state index in [0.29, 0.717) is 21.5 Å². The minimum Gasteiger partial charge on any atom is -0.397 e. The van der Waals surface area contributed by atoms with Crippen molar-refractivity contribution >= 4 is 33.0 Å². The maximum Gasteiger partial charge on any atom is 0.263 e. The molecule has 0 spiro atoms. The van der Waals surface area contributed by atoms with Crippen molar-refractivity contribution in [3.05, 3.63) is 47.1 Å². The van der Waals surface area contributed by atoms with Crippen LogP contribution in [-0.2, 0) is 13.6 Å². The molecule has 7 heteroatoms. The van der Waals surface area contributed by atoms with Gasteiger partial charge in [0.05, 0.1) is 17.6 Å². The number of imidazole rings is 1. The average Bonchev–Trinajstić information content (AvgIpc) is 3.01. The first-order valence-electron chi connectivity index (χ1n) is 6.29. The first-order chi connectivity index (χ1) is 10.1. The van der Waals surface area contributed by atoms with Gasteiger partial charge in [0, 0.05) is 24.1 Å². The van der Waals surface area contributed by atoms with Crippen LogP contribution in [0.5, 0.6) is 0 Å². The summed E-state index contributed by atoms with van der Waals surface area (Å²) in [6.45, 7) is 0.290. The zero-order valence-corrected chi connectivity index (χ0v) is 12.1. The third-order valence-electron chi connectivity index (χ3n) is 3.24. The van der Waals surface area contributed by atoms with Crippen LogP contribution in [0.1, 0.15) is 15.5 Å². The fraction of sp³-hybridized carbons (Fsp3) is 0.143. The highest BCUT2D eigenvalue weighted by Gasteiger charge is 2.18. The summed E-state index contributed by atoms with van der Waals surface area (Å²) in [6.07, 6.45) is 3.45. The van der Waals surface area contributed by atoms with Gasteiger partial charge >= 0.3 is 0 Å². The number of nitrogens with two attached hydrogens (primary N) is 1. The molecule has 0 unspecified atom stereocenters. The molecule has 3 N–H and O–H groups in total. The quantitative estimate of drug-likeness (QED) is 0.779. The molecule has 0 aliphatic carbocycles. The number of hydrogen-bond acceptors (Lipinski definition) is 4. The normalized spacial score (nSPS) is 11.0. The third kappa shape index (κ3) is 2.36. The van der Waals surface area contributed by atoms with Gasteiger partial charge in [0.1, 0.15) is 16.5 Å². The number of aryl methyl sites for hydroxylation is 1. The van der Waals surface area contributed by atoms with Crippen molar-refractivity contribution in [2.75, 3.05) is 5.73 Å². The lowest BCUT2D eigenvalue weighted by molar-refractivity contribution is 0.0954. The molecule has 0 atom stereocenters.